The van der Waals surface area contributed by atoms with Crippen molar-refractivity contribution in [3.63, 3.8) is 0 Å². The summed E-state index contributed by atoms with van der Waals surface area (Å²) in [5.41, 5.74) is 2.80. The van der Waals surface area contributed by atoms with E-state index in [1.165, 1.54) is 0 Å². The highest BCUT2D eigenvalue weighted by atomic mass is 16.6. The Kier molecular flexibility index (Phi) is 3.94. The van der Waals surface area contributed by atoms with E-state index in [0.717, 1.165) is 16.7 Å². The highest BCUT2D eigenvalue weighted by Crippen LogP contribution is 2.35. The molecule has 0 aliphatic heterocycles. The molecule has 0 aliphatic carbocycles. The number of phenols is 1. The molecule has 84 valence electrons. The lowest BCUT2D eigenvalue weighted by atomic mass is 10.0. The molecule has 1 rings (SSSR count). The fourth-order valence-electron chi connectivity index (χ4n) is 1.62. The maximum absolute atomic E-state index is 9.75. The number of hydrogen-bond acceptors (Lipinski definition) is 4. The van der Waals surface area contributed by atoms with Crippen LogP contribution in [0.15, 0.2) is 6.07 Å². The van der Waals surface area contributed by atoms with Gasteiger partial charge in [0.1, 0.15) is 0 Å². The van der Waals surface area contributed by atoms with Crippen molar-refractivity contribution in [1.29, 1.82) is 0 Å². The largest absolute Gasteiger partial charge is 0.504 e. The monoisotopic (exact) mass is 211 g/mol. The van der Waals surface area contributed by atoms with Crippen molar-refractivity contribution in [2.45, 2.75) is 20.3 Å². The minimum atomic E-state index is 0.201. The van der Waals surface area contributed by atoms with Gasteiger partial charge in [-0.3, -0.25) is 0 Å². The number of benzene rings is 1. The molecule has 0 aliphatic rings. The summed E-state index contributed by atoms with van der Waals surface area (Å²) >= 11 is 0. The van der Waals surface area contributed by atoms with Crippen LogP contribution in [-0.4, -0.2) is 18.8 Å². The van der Waals surface area contributed by atoms with Crippen LogP contribution in [0.5, 0.6) is 11.5 Å². The minimum Gasteiger partial charge on any atom is -0.504 e. The standard InChI is InChI=1S/C11H17NO3/c1-7-6-9(4-5-15-12)8(2)11(14-3)10(7)13/h6,13H,4-5,12H2,1-3H3. The number of aromatic hydroxyl groups is 1. The second kappa shape index (κ2) is 5.00. The molecule has 4 heteroatoms. The zero-order chi connectivity index (χ0) is 11.4. The molecule has 0 atom stereocenters. The minimum absolute atomic E-state index is 0.201. The van der Waals surface area contributed by atoms with Crippen LogP contribution >= 0.6 is 0 Å². The summed E-state index contributed by atoms with van der Waals surface area (Å²) < 4.78 is 5.16. The van der Waals surface area contributed by atoms with Crippen molar-refractivity contribution in [2.75, 3.05) is 13.7 Å². The van der Waals surface area contributed by atoms with E-state index in [2.05, 4.69) is 4.84 Å². The number of aryl methyl sites for hydroxylation is 1. The molecule has 0 radical (unpaired) electrons. The van der Waals surface area contributed by atoms with Crippen LogP contribution in [0.3, 0.4) is 0 Å². The second-order valence-electron chi connectivity index (χ2n) is 3.48. The van der Waals surface area contributed by atoms with Gasteiger partial charge in [0.25, 0.3) is 0 Å². The first-order valence-electron chi connectivity index (χ1n) is 4.79. The first-order valence-corrected chi connectivity index (χ1v) is 4.79. The molecule has 0 unspecified atom stereocenters. The smallest absolute Gasteiger partial charge is 0.163 e. The third-order valence-electron chi connectivity index (χ3n) is 2.49. The van der Waals surface area contributed by atoms with Crippen molar-refractivity contribution in [2.24, 2.45) is 5.90 Å². The van der Waals surface area contributed by atoms with Crippen LogP contribution in [0.1, 0.15) is 16.7 Å². The topological polar surface area (TPSA) is 64.7 Å². The van der Waals surface area contributed by atoms with Gasteiger partial charge in [-0.1, -0.05) is 6.07 Å². The third-order valence-corrected chi connectivity index (χ3v) is 2.49. The summed E-state index contributed by atoms with van der Waals surface area (Å²) in [5, 5.41) is 9.75. The van der Waals surface area contributed by atoms with Gasteiger partial charge in [-0.2, -0.15) is 0 Å². The molecule has 1 aromatic rings. The molecule has 4 nitrogen and oxygen atoms in total. The lowest BCUT2D eigenvalue weighted by Crippen LogP contribution is -2.05. The number of ether oxygens (including phenoxy) is 1. The van der Waals surface area contributed by atoms with E-state index in [1.807, 2.05) is 19.9 Å². The quantitative estimate of drug-likeness (QED) is 0.740. The Bertz CT molecular complexity index is 350. The maximum atomic E-state index is 9.75. The Labute approximate surface area is 89.6 Å². The number of nitrogens with two attached hydrogens (primary N) is 1. The van der Waals surface area contributed by atoms with Crippen molar-refractivity contribution in [3.8, 4) is 11.5 Å². The average molecular weight is 211 g/mol. The summed E-state index contributed by atoms with van der Waals surface area (Å²) in [6.45, 7) is 4.20. The third kappa shape index (κ3) is 2.40. The predicted molar refractivity (Wildman–Crippen MR) is 58.0 cm³/mol. The molecule has 1 aromatic carbocycles. The summed E-state index contributed by atoms with van der Waals surface area (Å²) in [7, 11) is 1.55. The van der Waals surface area contributed by atoms with Crippen LogP contribution in [-0.2, 0) is 11.3 Å². The molecule has 0 bridgehead atoms. The fraction of sp³-hybridized carbons (Fsp3) is 0.455. The molecule has 0 saturated heterocycles. The highest BCUT2D eigenvalue weighted by molar-refractivity contribution is 5.53. The average Bonchev–Trinajstić information content (AvgIpc) is 2.22. The van der Waals surface area contributed by atoms with E-state index in [1.54, 1.807) is 7.11 Å². The van der Waals surface area contributed by atoms with E-state index >= 15 is 0 Å². The molecule has 0 spiro atoms. The van der Waals surface area contributed by atoms with Crippen LogP contribution < -0.4 is 10.6 Å². The Balaban J connectivity index is 3.12. The van der Waals surface area contributed by atoms with Gasteiger partial charge in [-0.15, -0.1) is 0 Å². The van der Waals surface area contributed by atoms with Crippen molar-refractivity contribution in [3.05, 3.63) is 22.8 Å². The lowest BCUT2D eigenvalue weighted by Gasteiger charge is -2.14. The molecular weight excluding hydrogens is 194 g/mol. The highest BCUT2D eigenvalue weighted by Gasteiger charge is 2.12. The van der Waals surface area contributed by atoms with Gasteiger partial charge in [0, 0.05) is 0 Å². The first kappa shape index (κ1) is 11.8. The van der Waals surface area contributed by atoms with Gasteiger partial charge in [0.2, 0.25) is 0 Å². The number of rotatable bonds is 4. The number of hydrogen-bond donors (Lipinski definition) is 2. The van der Waals surface area contributed by atoms with Gasteiger partial charge < -0.3 is 14.7 Å². The Morgan fingerprint density at radius 1 is 1.40 bits per heavy atom. The van der Waals surface area contributed by atoms with Gasteiger partial charge in [0.15, 0.2) is 11.5 Å². The maximum Gasteiger partial charge on any atom is 0.163 e. The van der Waals surface area contributed by atoms with Crippen LogP contribution in [0.2, 0.25) is 0 Å². The Morgan fingerprint density at radius 2 is 2.07 bits per heavy atom. The van der Waals surface area contributed by atoms with Gasteiger partial charge in [0.05, 0.1) is 13.7 Å². The molecule has 3 N–H and O–H groups in total. The molecule has 0 amide bonds. The van der Waals surface area contributed by atoms with E-state index in [9.17, 15) is 5.11 Å². The van der Waals surface area contributed by atoms with Gasteiger partial charge in [-0.25, -0.2) is 5.90 Å². The summed E-state index contributed by atoms with van der Waals surface area (Å²) in [4.78, 5) is 4.54. The van der Waals surface area contributed by atoms with Crippen molar-refractivity contribution < 1.29 is 14.7 Å². The Hall–Kier alpha value is -1.26. The zero-order valence-corrected chi connectivity index (χ0v) is 9.33. The summed E-state index contributed by atoms with van der Waals surface area (Å²) in [6, 6.07) is 1.92. The molecule has 0 heterocycles. The number of phenolic OH excluding ortho intramolecular Hbond substituents is 1. The van der Waals surface area contributed by atoms with E-state index < -0.39 is 0 Å². The molecule has 0 aromatic heterocycles. The van der Waals surface area contributed by atoms with E-state index in [-0.39, 0.29) is 5.75 Å². The van der Waals surface area contributed by atoms with Crippen LogP contribution in [0.25, 0.3) is 0 Å². The first-order chi connectivity index (χ1) is 7.11. The van der Waals surface area contributed by atoms with Crippen LogP contribution in [0.4, 0.5) is 0 Å². The molecule has 0 fully saturated rings. The summed E-state index contributed by atoms with van der Waals surface area (Å²) in [6.07, 6.45) is 0.708. The SMILES string of the molecule is COc1c(C)c(CCON)cc(C)c1O. The van der Waals surface area contributed by atoms with E-state index in [4.69, 9.17) is 10.6 Å². The Morgan fingerprint density at radius 3 is 2.60 bits per heavy atom. The predicted octanol–water partition coefficient (Wildman–Crippen LogP) is 1.45. The second-order valence-corrected chi connectivity index (χ2v) is 3.48. The normalized spacial score (nSPS) is 10.4. The van der Waals surface area contributed by atoms with Crippen molar-refractivity contribution >= 4 is 0 Å². The van der Waals surface area contributed by atoms with Crippen LogP contribution in [0, 0.1) is 13.8 Å². The molecule has 0 saturated carbocycles. The molecule has 15 heavy (non-hydrogen) atoms. The summed E-state index contributed by atoms with van der Waals surface area (Å²) in [5.74, 6) is 5.72. The lowest BCUT2D eigenvalue weighted by molar-refractivity contribution is 0.141. The van der Waals surface area contributed by atoms with Crippen molar-refractivity contribution in [1.82, 2.24) is 0 Å². The van der Waals surface area contributed by atoms with Gasteiger partial charge >= 0.3 is 0 Å². The fourth-order valence-corrected chi connectivity index (χ4v) is 1.62. The van der Waals surface area contributed by atoms with E-state index in [0.29, 0.717) is 18.8 Å². The van der Waals surface area contributed by atoms with Gasteiger partial charge in [-0.05, 0) is 37.0 Å². The number of methoxy groups -OCH3 is 1. The molecular formula is C11H17NO3. The zero-order valence-electron chi connectivity index (χ0n) is 9.33.